The molecule has 2 heterocycles. The van der Waals surface area contributed by atoms with Crippen LogP contribution in [0.15, 0.2) is 36.4 Å². The summed E-state index contributed by atoms with van der Waals surface area (Å²) in [7, 11) is 0. The Morgan fingerprint density at radius 1 is 1.04 bits per heavy atom. The standard InChI is InChI=1S/C17H15Cl2N3O3/c18-11-3-1-4-12(15(11)19)21-16(23)13-5-2-6-14(20-13)17(24)22-7-9-25-10-8-22/h1-6H,7-10H2,(H,21,23). The zero-order valence-electron chi connectivity index (χ0n) is 13.2. The minimum atomic E-state index is -0.471. The second-order valence-electron chi connectivity index (χ2n) is 5.37. The molecule has 0 saturated carbocycles. The number of nitrogens with one attached hydrogen (secondary N) is 1. The number of morpholine rings is 1. The predicted molar refractivity (Wildman–Crippen MR) is 95.4 cm³/mol. The maximum Gasteiger partial charge on any atom is 0.274 e. The maximum atomic E-state index is 12.5. The van der Waals surface area contributed by atoms with Gasteiger partial charge in [0.25, 0.3) is 11.8 Å². The molecule has 0 spiro atoms. The van der Waals surface area contributed by atoms with Crippen LogP contribution < -0.4 is 5.32 Å². The van der Waals surface area contributed by atoms with Crippen LogP contribution in [0.3, 0.4) is 0 Å². The van der Waals surface area contributed by atoms with Crippen molar-refractivity contribution in [1.82, 2.24) is 9.88 Å². The van der Waals surface area contributed by atoms with E-state index in [1.165, 1.54) is 6.07 Å². The zero-order chi connectivity index (χ0) is 17.8. The lowest BCUT2D eigenvalue weighted by Gasteiger charge is -2.26. The van der Waals surface area contributed by atoms with Crippen LogP contribution >= 0.6 is 23.2 Å². The summed E-state index contributed by atoms with van der Waals surface area (Å²) >= 11 is 12.0. The number of carbonyl (C=O) groups excluding carboxylic acids is 2. The van der Waals surface area contributed by atoms with Crippen LogP contribution in [0.25, 0.3) is 0 Å². The summed E-state index contributed by atoms with van der Waals surface area (Å²) in [6.07, 6.45) is 0. The average Bonchev–Trinajstić information content (AvgIpc) is 2.65. The molecule has 2 amide bonds. The molecule has 1 aromatic heterocycles. The van der Waals surface area contributed by atoms with Gasteiger partial charge in [-0.15, -0.1) is 0 Å². The summed E-state index contributed by atoms with van der Waals surface area (Å²) < 4.78 is 5.23. The number of carbonyl (C=O) groups is 2. The van der Waals surface area contributed by atoms with Gasteiger partial charge in [0.05, 0.1) is 28.9 Å². The number of hydrogen-bond donors (Lipinski definition) is 1. The Morgan fingerprint density at radius 2 is 1.72 bits per heavy atom. The van der Waals surface area contributed by atoms with Crippen LogP contribution in [0, 0.1) is 0 Å². The Labute approximate surface area is 154 Å². The number of rotatable bonds is 3. The third-order valence-corrected chi connectivity index (χ3v) is 4.52. The quantitative estimate of drug-likeness (QED) is 0.888. The summed E-state index contributed by atoms with van der Waals surface area (Å²) in [5, 5.41) is 3.24. The largest absolute Gasteiger partial charge is 0.378 e. The van der Waals surface area contributed by atoms with Crippen molar-refractivity contribution in [2.45, 2.75) is 0 Å². The van der Waals surface area contributed by atoms with Crippen molar-refractivity contribution in [3.63, 3.8) is 0 Å². The minimum Gasteiger partial charge on any atom is -0.378 e. The second-order valence-corrected chi connectivity index (χ2v) is 6.15. The number of benzene rings is 1. The van der Waals surface area contributed by atoms with Gasteiger partial charge in [0, 0.05) is 13.1 Å². The van der Waals surface area contributed by atoms with Crippen molar-refractivity contribution in [3.05, 3.63) is 57.8 Å². The van der Waals surface area contributed by atoms with Crippen molar-refractivity contribution in [3.8, 4) is 0 Å². The van der Waals surface area contributed by atoms with Gasteiger partial charge < -0.3 is 15.0 Å². The molecule has 1 fully saturated rings. The summed E-state index contributed by atoms with van der Waals surface area (Å²) in [6.45, 7) is 2.02. The van der Waals surface area contributed by atoms with Crippen LogP contribution in [0.4, 0.5) is 5.69 Å². The maximum absolute atomic E-state index is 12.5. The fraction of sp³-hybridized carbons (Fsp3) is 0.235. The van der Waals surface area contributed by atoms with Crippen LogP contribution in [0.5, 0.6) is 0 Å². The van der Waals surface area contributed by atoms with Gasteiger partial charge in [-0.3, -0.25) is 9.59 Å². The summed E-state index contributed by atoms with van der Waals surface area (Å²) in [5.74, 6) is -0.695. The molecule has 8 heteroatoms. The van der Waals surface area contributed by atoms with Crippen LogP contribution in [-0.2, 0) is 4.74 Å². The van der Waals surface area contributed by atoms with Crippen molar-refractivity contribution in [2.75, 3.05) is 31.6 Å². The lowest BCUT2D eigenvalue weighted by Crippen LogP contribution is -2.41. The van der Waals surface area contributed by atoms with Crippen LogP contribution in [0.2, 0.25) is 10.0 Å². The van der Waals surface area contributed by atoms with Gasteiger partial charge in [-0.1, -0.05) is 35.3 Å². The SMILES string of the molecule is O=C(Nc1cccc(Cl)c1Cl)c1cccc(C(=O)N2CCOCC2)n1. The topological polar surface area (TPSA) is 71.5 Å². The number of ether oxygens (including phenoxy) is 1. The van der Waals surface area contributed by atoms with E-state index in [0.717, 1.165) is 0 Å². The molecule has 3 rings (SSSR count). The van der Waals surface area contributed by atoms with Crippen molar-refractivity contribution < 1.29 is 14.3 Å². The smallest absolute Gasteiger partial charge is 0.274 e. The highest BCUT2D eigenvalue weighted by atomic mass is 35.5. The Hall–Kier alpha value is -2.15. The van der Waals surface area contributed by atoms with Gasteiger partial charge in [0.15, 0.2) is 0 Å². The highest BCUT2D eigenvalue weighted by molar-refractivity contribution is 6.44. The number of nitrogens with zero attached hydrogens (tertiary/aromatic N) is 2. The fourth-order valence-corrected chi connectivity index (χ4v) is 2.74. The first kappa shape index (κ1) is 17.7. The van der Waals surface area contributed by atoms with E-state index in [0.29, 0.717) is 37.0 Å². The molecule has 1 aliphatic rings. The van der Waals surface area contributed by atoms with Crippen LogP contribution in [-0.4, -0.2) is 48.0 Å². The monoisotopic (exact) mass is 379 g/mol. The highest BCUT2D eigenvalue weighted by Gasteiger charge is 2.21. The van der Waals surface area contributed by atoms with E-state index in [1.807, 2.05) is 0 Å². The molecular weight excluding hydrogens is 365 g/mol. The number of hydrogen-bond acceptors (Lipinski definition) is 4. The first-order valence-electron chi connectivity index (χ1n) is 7.65. The van der Waals surface area contributed by atoms with Gasteiger partial charge in [0.1, 0.15) is 11.4 Å². The molecule has 1 aromatic carbocycles. The average molecular weight is 380 g/mol. The molecule has 2 aromatic rings. The molecule has 0 radical (unpaired) electrons. The number of amides is 2. The molecule has 0 atom stereocenters. The number of halogens is 2. The summed E-state index contributed by atoms with van der Waals surface area (Å²) in [6, 6.07) is 9.67. The van der Waals surface area contributed by atoms with Crippen molar-refractivity contribution in [1.29, 1.82) is 0 Å². The van der Waals surface area contributed by atoms with Gasteiger partial charge in [-0.25, -0.2) is 4.98 Å². The van der Waals surface area contributed by atoms with Gasteiger partial charge in [0.2, 0.25) is 0 Å². The Morgan fingerprint density at radius 3 is 2.48 bits per heavy atom. The third kappa shape index (κ3) is 4.10. The predicted octanol–water partition coefficient (Wildman–Crippen LogP) is 3.11. The van der Waals surface area contributed by atoms with Crippen molar-refractivity contribution >= 4 is 40.7 Å². The normalized spacial score (nSPS) is 14.2. The van der Waals surface area contributed by atoms with Crippen molar-refractivity contribution in [2.24, 2.45) is 0 Å². The lowest BCUT2D eigenvalue weighted by molar-refractivity contribution is 0.0299. The number of anilines is 1. The van der Waals surface area contributed by atoms with E-state index in [2.05, 4.69) is 10.3 Å². The number of aromatic nitrogens is 1. The molecule has 0 unspecified atom stereocenters. The molecule has 25 heavy (non-hydrogen) atoms. The Kier molecular flexibility index (Phi) is 5.53. The zero-order valence-corrected chi connectivity index (χ0v) is 14.7. The van der Waals surface area contributed by atoms with E-state index in [9.17, 15) is 9.59 Å². The van der Waals surface area contributed by atoms with Gasteiger partial charge >= 0.3 is 0 Å². The highest BCUT2D eigenvalue weighted by Crippen LogP contribution is 2.29. The molecular formula is C17H15Cl2N3O3. The molecule has 1 N–H and O–H groups in total. The molecule has 6 nitrogen and oxygen atoms in total. The molecule has 0 aliphatic carbocycles. The summed E-state index contributed by atoms with van der Waals surface area (Å²) in [5.41, 5.74) is 0.716. The fourth-order valence-electron chi connectivity index (χ4n) is 2.40. The van der Waals surface area contributed by atoms with Gasteiger partial charge in [-0.2, -0.15) is 0 Å². The first-order chi connectivity index (χ1) is 12.1. The molecule has 1 aliphatic heterocycles. The van der Waals surface area contributed by atoms with Gasteiger partial charge in [-0.05, 0) is 24.3 Å². The molecule has 1 saturated heterocycles. The van der Waals surface area contributed by atoms with E-state index in [-0.39, 0.29) is 22.3 Å². The van der Waals surface area contributed by atoms with E-state index >= 15 is 0 Å². The number of pyridine rings is 1. The Bertz CT molecular complexity index is 807. The van der Waals surface area contributed by atoms with E-state index < -0.39 is 5.91 Å². The molecule has 0 bridgehead atoms. The van der Waals surface area contributed by atoms with Crippen LogP contribution in [0.1, 0.15) is 21.0 Å². The third-order valence-electron chi connectivity index (χ3n) is 3.70. The van der Waals surface area contributed by atoms with E-state index in [4.69, 9.17) is 27.9 Å². The minimum absolute atomic E-state index is 0.121. The summed E-state index contributed by atoms with van der Waals surface area (Å²) in [4.78, 5) is 30.7. The lowest BCUT2D eigenvalue weighted by atomic mass is 10.2. The molecule has 130 valence electrons. The Balaban J connectivity index is 1.77. The van der Waals surface area contributed by atoms with E-state index in [1.54, 1.807) is 35.2 Å². The first-order valence-corrected chi connectivity index (χ1v) is 8.41. The second kappa shape index (κ2) is 7.82.